The Morgan fingerprint density at radius 3 is 2.81 bits per heavy atom. The van der Waals surface area contributed by atoms with Gasteiger partial charge in [0.15, 0.2) is 6.61 Å². The van der Waals surface area contributed by atoms with Gasteiger partial charge in [0, 0.05) is 10.6 Å². The van der Waals surface area contributed by atoms with Crippen molar-refractivity contribution in [3.63, 3.8) is 0 Å². The lowest BCUT2D eigenvalue weighted by Gasteiger charge is -2.32. The van der Waals surface area contributed by atoms with Gasteiger partial charge in [0.1, 0.15) is 12.1 Å². The summed E-state index contributed by atoms with van der Waals surface area (Å²) >= 11 is 6.02. The van der Waals surface area contributed by atoms with Gasteiger partial charge in [-0.2, -0.15) is 10.1 Å². The minimum atomic E-state index is -0.518. The highest BCUT2D eigenvalue weighted by molar-refractivity contribution is 6.30. The van der Waals surface area contributed by atoms with Crippen LogP contribution in [0.3, 0.4) is 0 Å². The van der Waals surface area contributed by atoms with E-state index in [9.17, 15) is 4.79 Å². The van der Waals surface area contributed by atoms with Gasteiger partial charge in [-0.3, -0.25) is 4.79 Å². The van der Waals surface area contributed by atoms with E-state index < -0.39 is 5.91 Å². The average Bonchev–Trinajstić information content (AvgIpc) is 3.15. The maximum absolute atomic E-state index is 11.1. The number of fused-ring (bicyclic) bond motifs is 1. The molecule has 8 heteroatoms. The standard InChI is InChI=1S/C19H18ClN5O2/c20-13-7-5-12(6-8-13)15-9-16(25-19(24-15)22-11-23-25)14-3-1-2-4-17(14)27-10-18(21)26/h1-8,11,15-16H,9-10H2,(H2,21,26)(H,22,23,24)/t15-,16-/m0/s1. The number of nitrogens with one attached hydrogen (secondary N) is 1. The number of nitrogens with two attached hydrogens (primary N) is 1. The summed E-state index contributed by atoms with van der Waals surface area (Å²) in [4.78, 5) is 15.5. The number of hydrogen-bond donors (Lipinski definition) is 2. The van der Waals surface area contributed by atoms with Crippen LogP contribution < -0.4 is 15.8 Å². The first-order valence-electron chi connectivity index (χ1n) is 8.53. The molecule has 3 aromatic rings. The highest BCUT2D eigenvalue weighted by atomic mass is 35.5. The van der Waals surface area contributed by atoms with E-state index in [1.807, 2.05) is 53.2 Å². The van der Waals surface area contributed by atoms with Crippen LogP contribution in [0.2, 0.25) is 5.02 Å². The van der Waals surface area contributed by atoms with Gasteiger partial charge < -0.3 is 15.8 Å². The number of halogens is 1. The third-order valence-corrected chi connectivity index (χ3v) is 4.80. The lowest BCUT2D eigenvalue weighted by molar-refractivity contribution is -0.119. The molecule has 2 heterocycles. The van der Waals surface area contributed by atoms with Crippen LogP contribution >= 0.6 is 11.6 Å². The molecule has 27 heavy (non-hydrogen) atoms. The van der Waals surface area contributed by atoms with Gasteiger partial charge in [0.25, 0.3) is 5.91 Å². The smallest absolute Gasteiger partial charge is 0.255 e. The zero-order valence-electron chi connectivity index (χ0n) is 14.4. The number of ether oxygens (including phenoxy) is 1. The van der Waals surface area contributed by atoms with E-state index >= 15 is 0 Å². The lowest BCUT2D eigenvalue weighted by Crippen LogP contribution is -2.28. The SMILES string of the molecule is NC(=O)COc1ccccc1[C@@H]1C[C@@H](c2ccc(Cl)cc2)Nc2ncnn21. The van der Waals surface area contributed by atoms with Crippen LogP contribution in [0.1, 0.15) is 29.6 Å². The largest absolute Gasteiger partial charge is 0.483 e. The van der Waals surface area contributed by atoms with Crippen LogP contribution in [0.5, 0.6) is 5.75 Å². The van der Waals surface area contributed by atoms with Crippen LogP contribution in [-0.2, 0) is 4.79 Å². The number of benzene rings is 2. The summed E-state index contributed by atoms with van der Waals surface area (Å²) < 4.78 is 7.46. The summed E-state index contributed by atoms with van der Waals surface area (Å²) in [6.07, 6.45) is 2.25. The third kappa shape index (κ3) is 3.59. The first kappa shape index (κ1) is 17.4. The number of rotatable bonds is 5. The minimum absolute atomic E-state index is 0.0353. The molecule has 0 bridgehead atoms. The predicted octanol–water partition coefficient (Wildman–Crippen LogP) is 2.94. The zero-order chi connectivity index (χ0) is 18.8. The van der Waals surface area contributed by atoms with E-state index in [1.165, 1.54) is 6.33 Å². The van der Waals surface area contributed by atoms with Crippen molar-refractivity contribution in [3.8, 4) is 5.75 Å². The molecule has 7 nitrogen and oxygen atoms in total. The first-order valence-corrected chi connectivity index (χ1v) is 8.91. The van der Waals surface area contributed by atoms with Gasteiger partial charge in [0.2, 0.25) is 5.95 Å². The van der Waals surface area contributed by atoms with E-state index in [0.717, 1.165) is 17.5 Å². The Morgan fingerprint density at radius 2 is 2.04 bits per heavy atom. The van der Waals surface area contributed by atoms with Crippen molar-refractivity contribution < 1.29 is 9.53 Å². The molecule has 0 unspecified atom stereocenters. The lowest BCUT2D eigenvalue weighted by atomic mass is 9.93. The van der Waals surface area contributed by atoms with Crippen LogP contribution in [0.4, 0.5) is 5.95 Å². The van der Waals surface area contributed by atoms with Crippen molar-refractivity contribution in [2.45, 2.75) is 18.5 Å². The predicted molar refractivity (Wildman–Crippen MR) is 102 cm³/mol. The molecule has 3 N–H and O–H groups in total. The van der Waals surface area contributed by atoms with E-state index in [4.69, 9.17) is 22.1 Å². The Labute approximate surface area is 161 Å². The number of para-hydroxylation sites is 1. The Morgan fingerprint density at radius 1 is 1.26 bits per heavy atom. The number of amides is 1. The summed E-state index contributed by atoms with van der Waals surface area (Å²) in [7, 11) is 0. The topological polar surface area (TPSA) is 95.1 Å². The maximum atomic E-state index is 11.1. The Kier molecular flexibility index (Phi) is 4.68. The fourth-order valence-electron chi connectivity index (χ4n) is 3.33. The zero-order valence-corrected chi connectivity index (χ0v) is 15.1. The molecule has 1 aromatic heterocycles. The second-order valence-corrected chi connectivity index (χ2v) is 6.76. The van der Waals surface area contributed by atoms with Gasteiger partial charge in [0.05, 0.1) is 12.1 Å². The van der Waals surface area contributed by atoms with E-state index in [-0.39, 0.29) is 18.7 Å². The van der Waals surface area contributed by atoms with Crippen LogP contribution in [0.25, 0.3) is 0 Å². The molecule has 0 fully saturated rings. The second-order valence-electron chi connectivity index (χ2n) is 6.32. The molecule has 2 atom stereocenters. The molecule has 1 aliphatic heterocycles. The molecule has 0 saturated carbocycles. The van der Waals surface area contributed by atoms with E-state index in [1.54, 1.807) is 0 Å². The molecule has 1 aliphatic rings. The van der Waals surface area contributed by atoms with E-state index in [2.05, 4.69) is 15.4 Å². The fourth-order valence-corrected chi connectivity index (χ4v) is 3.45. The first-order chi connectivity index (χ1) is 13.1. The Hall–Kier alpha value is -3.06. The molecule has 0 aliphatic carbocycles. The quantitative estimate of drug-likeness (QED) is 0.706. The van der Waals surface area contributed by atoms with Gasteiger partial charge >= 0.3 is 0 Å². The highest BCUT2D eigenvalue weighted by Crippen LogP contribution is 2.40. The van der Waals surface area contributed by atoms with Gasteiger partial charge in [-0.25, -0.2) is 4.68 Å². The normalized spacial score (nSPS) is 18.4. The maximum Gasteiger partial charge on any atom is 0.255 e. The van der Waals surface area contributed by atoms with Gasteiger partial charge in [-0.1, -0.05) is 41.9 Å². The Bertz CT molecular complexity index is 957. The number of hydrogen-bond acceptors (Lipinski definition) is 5. The van der Waals surface area contributed by atoms with Gasteiger partial charge in [-0.15, -0.1) is 0 Å². The summed E-state index contributed by atoms with van der Waals surface area (Å²) in [5.41, 5.74) is 7.25. The van der Waals surface area contributed by atoms with Gasteiger partial charge in [-0.05, 0) is 30.2 Å². The van der Waals surface area contributed by atoms with Crippen molar-refractivity contribution in [1.82, 2.24) is 14.8 Å². The van der Waals surface area contributed by atoms with Crippen molar-refractivity contribution in [2.24, 2.45) is 5.73 Å². The molecular formula is C19H18ClN5O2. The second kappa shape index (κ2) is 7.28. The van der Waals surface area contributed by atoms with Crippen molar-refractivity contribution in [2.75, 3.05) is 11.9 Å². The monoisotopic (exact) mass is 383 g/mol. The Balaban J connectivity index is 1.70. The van der Waals surface area contributed by atoms with Crippen LogP contribution in [0, 0.1) is 0 Å². The summed E-state index contributed by atoms with van der Waals surface area (Å²) in [5, 5.41) is 8.48. The molecule has 1 amide bonds. The number of carbonyl (C=O) groups excluding carboxylic acids is 1. The molecule has 4 rings (SSSR count). The minimum Gasteiger partial charge on any atom is -0.483 e. The molecular weight excluding hydrogens is 366 g/mol. The molecule has 0 saturated heterocycles. The number of carbonyl (C=O) groups is 1. The molecule has 0 radical (unpaired) electrons. The highest BCUT2D eigenvalue weighted by Gasteiger charge is 2.31. The number of anilines is 1. The van der Waals surface area contributed by atoms with Crippen LogP contribution in [-0.4, -0.2) is 27.3 Å². The number of nitrogens with zero attached hydrogens (tertiary/aromatic N) is 3. The van der Waals surface area contributed by atoms with E-state index in [0.29, 0.717) is 16.7 Å². The number of primary amides is 1. The van der Waals surface area contributed by atoms with Crippen molar-refractivity contribution in [3.05, 3.63) is 71.0 Å². The number of aromatic nitrogens is 3. The van der Waals surface area contributed by atoms with Crippen molar-refractivity contribution >= 4 is 23.5 Å². The van der Waals surface area contributed by atoms with Crippen LogP contribution in [0.15, 0.2) is 54.9 Å². The molecule has 0 spiro atoms. The molecule has 2 aromatic carbocycles. The summed E-state index contributed by atoms with van der Waals surface area (Å²) in [6, 6.07) is 15.3. The molecule has 138 valence electrons. The summed E-state index contributed by atoms with van der Waals surface area (Å²) in [5.74, 6) is 0.769. The fraction of sp³-hybridized carbons (Fsp3) is 0.211. The third-order valence-electron chi connectivity index (χ3n) is 4.55. The van der Waals surface area contributed by atoms with Crippen molar-refractivity contribution in [1.29, 1.82) is 0 Å². The summed E-state index contributed by atoms with van der Waals surface area (Å²) in [6.45, 7) is -0.174. The average molecular weight is 384 g/mol.